The molecule has 4 N–H and O–H groups in total. The number of aromatic nitrogens is 2. The zero-order chi connectivity index (χ0) is 24.4. The summed E-state index contributed by atoms with van der Waals surface area (Å²) in [6.45, 7) is 6.97. The van der Waals surface area contributed by atoms with Gasteiger partial charge in [0, 0.05) is 48.8 Å². The topological polar surface area (TPSA) is 105 Å². The lowest BCUT2D eigenvalue weighted by Gasteiger charge is -2.47. The third kappa shape index (κ3) is 5.38. The molecule has 2 aromatic rings. The molecule has 0 radical (unpaired) electrons. The molecule has 2 fully saturated rings. The zero-order valence-corrected chi connectivity index (χ0v) is 20.7. The number of nitrogens with zero attached hydrogens (tertiary/aromatic N) is 5. The van der Waals surface area contributed by atoms with Gasteiger partial charge in [0.2, 0.25) is 0 Å². The van der Waals surface area contributed by atoms with Crippen molar-refractivity contribution in [2.45, 2.75) is 44.8 Å². The van der Waals surface area contributed by atoms with E-state index in [1.807, 2.05) is 0 Å². The van der Waals surface area contributed by atoms with Gasteiger partial charge in [-0.2, -0.15) is 0 Å². The first-order chi connectivity index (χ1) is 16.3. The molecular weight excluding hydrogens is 480 g/mol. The van der Waals surface area contributed by atoms with Crippen LogP contribution in [-0.4, -0.2) is 70.5 Å². The summed E-state index contributed by atoms with van der Waals surface area (Å²) >= 11 is 12.2. The maximum atomic E-state index is 14.2. The summed E-state index contributed by atoms with van der Waals surface area (Å²) in [5.41, 5.74) is 11.8. The Morgan fingerprint density at radius 2 is 1.91 bits per heavy atom. The van der Waals surface area contributed by atoms with Crippen molar-refractivity contribution >= 4 is 40.7 Å². The quantitative estimate of drug-likeness (QED) is 0.615. The lowest BCUT2D eigenvalue weighted by Crippen LogP contribution is -2.58. The second kappa shape index (κ2) is 10.6. The van der Waals surface area contributed by atoms with Gasteiger partial charge in [-0.25, -0.2) is 14.4 Å². The maximum absolute atomic E-state index is 14.2. The first-order valence-electron chi connectivity index (χ1n) is 11.6. The number of nitrogen functional groups attached to an aromatic ring is 1. The Balaban J connectivity index is 1.37. The predicted molar refractivity (Wildman–Crippen MR) is 133 cm³/mol. The first kappa shape index (κ1) is 24.9. The molecule has 8 nitrogen and oxygen atoms in total. The number of primary amides is 1. The monoisotopic (exact) mass is 509 g/mol. The number of hydrogen-bond donors (Lipinski definition) is 2. The smallest absolute Gasteiger partial charge is 0.271 e. The number of nitrogens with two attached hydrogens (primary N) is 2. The Hall–Kier alpha value is -2.20. The van der Waals surface area contributed by atoms with Gasteiger partial charge in [0.25, 0.3) is 5.91 Å². The average molecular weight is 510 g/mol. The molecule has 0 aliphatic carbocycles. The Morgan fingerprint density at radius 3 is 2.56 bits per heavy atom. The molecule has 3 heterocycles. The molecule has 4 rings (SSSR count). The van der Waals surface area contributed by atoms with E-state index >= 15 is 0 Å². The van der Waals surface area contributed by atoms with Gasteiger partial charge in [-0.1, -0.05) is 36.2 Å². The molecule has 1 aromatic carbocycles. The van der Waals surface area contributed by atoms with E-state index in [2.05, 4.69) is 31.6 Å². The van der Waals surface area contributed by atoms with Crippen LogP contribution in [0.25, 0.3) is 0 Å². The van der Waals surface area contributed by atoms with Crippen molar-refractivity contribution in [1.82, 2.24) is 19.8 Å². The van der Waals surface area contributed by atoms with Crippen molar-refractivity contribution < 1.29 is 9.18 Å². The number of halogens is 3. The van der Waals surface area contributed by atoms with Crippen LogP contribution in [-0.2, 0) is 6.54 Å². The summed E-state index contributed by atoms with van der Waals surface area (Å²) in [6, 6.07) is 5.69. The molecule has 2 aliphatic heterocycles. The van der Waals surface area contributed by atoms with Crippen LogP contribution in [0.4, 0.5) is 16.0 Å². The minimum Gasteiger partial charge on any atom is -0.382 e. The molecule has 2 saturated heterocycles. The van der Waals surface area contributed by atoms with E-state index in [9.17, 15) is 9.18 Å². The SMILES string of the molecule is CC[C@H]1CN(c2nc(N)c(C(N)=O)nc2Cl)CCN1C1CCN(Cc2ccc(Cl)cc2F)CC1. The number of carbonyl (C=O) groups is 1. The molecule has 1 atom stereocenters. The molecule has 34 heavy (non-hydrogen) atoms. The van der Waals surface area contributed by atoms with E-state index in [0.29, 0.717) is 35.0 Å². The molecule has 0 bridgehead atoms. The summed E-state index contributed by atoms with van der Waals surface area (Å²) in [6.07, 6.45) is 3.05. The third-order valence-corrected chi connectivity index (χ3v) is 7.32. The van der Waals surface area contributed by atoms with Crippen LogP contribution < -0.4 is 16.4 Å². The van der Waals surface area contributed by atoms with E-state index in [1.165, 1.54) is 6.07 Å². The van der Waals surface area contributed by atoms with E-state index < -0.39 is 5.91 Å². The van der Waals surface area contributed by atoms with Gasteiger partial charge < -0.3 is 16.4 Å². The fourth-order valence-electron chi connectivity index (χ4n) is 5.01. The van der Waals surface area contributed by atoms with Gasteiger partial charge >= 0.3 is 0 Å². The number of piperidine rings is 1. The molecule has 0 spiro atoms. The summed E-state index contributed by atoms with van der Waals surface area (Å²) in [4.78, 5) is 26.8. The lowest BCUT2D eigenvalue weighted by atomic mass is 9.98. The molecule has 11 heteroatoms. The Kier molecular flexibility index (Phi) is 7.77. The second-order valence-electron chi connectivity index (χ2n) is 8.93. The Labute approximate surface area is 209 Å². The van der Waals surface area contributed by atoms with Crippen LogP contribution in [0.3, 0.4) is 0 Å². The van der Waals surface area contributed by atoms with Gasteiger partial charge in [0.15, 0.2) is 22.5 Å². The van der Waals surface area contributed by atoms with Gasteiger partial charge in [-0.05, 0) is 44.5 Å². The highest BCUT2D eigenvalue weighted by molar-refractivity contribution is 6.32. The largest absolute Gasteiger partial charge is 0.382 e. The van der Waals surface area contributed by atoms with Crippen LogP contribution in [0.5, 0.6) is 0 Å². The van der Waals surface area contributed by atoms with E-state index in [-0.39, 0.29) is 22.5 Å². The maximum Gasteiger partial charge on any atom is 0.271 e. The fourth-order valence-corrected chi connectivity index (χ4v) is 5.41. The van der Waals surface area contributed by atoms with Crippen molar-refractivity contribution in [2.75, 3.05) is 43.4 Å². The van der Waals surface area contributed by atoms with Gasteiger partial charge in [0.05, 0.1) is 0 Å². The van der Waals surface area contributed by atoms with Crippen molar-refractivity contribution in [1.29, 1.82) is 0 Å². The molecule has 1 aromatic heterocycles. The van der Waals surface area contributed by atoms with Gasteiger partial charge in [-0.15, -0.1) is 0 Å². The van der Waals surface area contributed by atoms with Crippen LogP contribution in [0.2, 0.25) is 10.2 Å². The van der Waals surface area contributed by atoms with Gasteiger partial charge in [0.1, 0.15) is 5.82 Å². The number of carbonyl (C=O) groups excluding carboxylic acids is 1. The number of rotatable bonds is 6. The van der Waals surface area contributed by atoms with Crippen LogP contribution in [0.1, 0.15) is 42.2 Å². The van der Waals surface area contributed by atoms with E-state index in [4.69, 9.17) is 34.7 Å². The summed E-state index contributed by atoms with van der Waals surface area (Å²) in [5.74, 6) is -0.517. The molecule has 1 amide bonds. The standard InChI is InChI=1S/C23H30Cl2FN7O/c1-2-16-13-32(23-20(25)29-19(22(28)34)21(27)30-23)9-10-33(16)17-5-7-31(8-6-17)12-14-3-4-15(24)11-18(14)26/h3-4,11,16-17H,2,5-10,12-13H2,1H3,(H2,27,30)(H2,28,34)/t16-/m0/s1. The number of amides is 1. The lowest BCUT2D eigenvalue weighted by molar-refractivity contribution is 0.0607. The van der Waals surface area contributed by atoms with Crippen LogP contribution in [0, 0.1) is 5.82 Å². The zero-order valence-electron chi connectivity index (χ0n) is 19.2. The molecule has 184 valence electrons. The van der Waals surface area contributed by atoms with E-state index in [0.717, 1.165) is 52.0 Å². The summed E-state index contributed by atoms with van der Waals surface area (Å²) in [5, 5.41) is 0.553. The number of anilines is 2. The Morgan fingerprint density at radius 1 is 1.18 bits per heavy atom. The van der Waals surface area contributed by atoms with Crippen molar-refractivity contribution in [3.63, 3.8) is 0 Å². The van der Waals surface area contributed by atoms with Crippen molar-refractivity contribution in [2.24, 2.45) is 5.73 Å². The second-order valence-corrected chi connectivity index (χ2v) is 9.72. The molecule has 0 unspecified atom stereocenters. The van der Waals surface area contributed by atoms with E-state index in [1.54, 1.807) is 12.1 Å². The number of hydrogen-bond acceptors (Lipinski definition) is 7. The predicted octanol–water partition coefficient (Wildman–Crippen LogP) is 3.17. The third-order valence-electron chi connectivity index (χ3n) is 6.83. The normalized spacial score (nSPS) is 20.6. The summed E-state index contributed by atoms with van der Waals surface area (Å²) in [7, 11) is 0. The van der Waals surface area contributed by atoms with Crippen molar-refractivity contribution in [3.8, 4) is 0 Å². The fraction of sp³-hybridized carbons (Fsp3) is 0.522. The number of piperazine rings is 1. The minimum absolute atomic E-state index is 0.00752. The van der Waals surface area contributed by atoms with Crippen molar-refractivity contribution in [3.05, 3.63) is 45.4 Å². The Bertz CT molecular complexity index is 1050. The molecule has 2 aliphatic rings. The van der Waals surface area contributed by atoms with Crippen LogP contribution in [0.15, 0.2) is 18.2 Å². The summed E-state index contributed by atoms with van der Waals surface area (Å²) < 4.78 is 14.2. The highest BCUT2D eigenvalue weighted by atomic mass is 35.5. The van der Waals surface area contributed by atoms with Crippen LogP contribution >= 0.6 is 23.2 Å². The minimum atomic E-state index is -0.750. The molecule has 0 saturated carbocycles. The number of likely N-dealkylation sites (tertiary alicyclic amines) is 1. The average Bonchev–Trinajstić information content (AvgIpc) is 2.82. The number of benzene rings is 1. The highest BCUT2D eigenvalue weighted by Crippen LogP contribution is 2.30. The highest BCUT2D eigenvalue weighted by Gasteiger charge is 2.34. The first-order valence-corrected chi connectivity index (χ1v) is 12.3. The van der Waals surface area contributed by atoms with Gasteiger partial charge in [-0.3, -0.25) is 14.6 Å². The molecular formula is C23H30Cl2FN7O.